The molecule has 1 heterocycles. The summed E-state index contributed by atoms with van der Waals surface area (Å²) in [5.74, 6) is 1.62. The van der Waals surface area contributed by atoms with E-state index in [0.717, 1.165) is 23.8 Å². The number of aromatic nitrogens is 1. The van der Waals surface area contributed by atoms with E-state index >= 15 is 0 Å². The summed E-state index contributed by atoms with van der Waals surface area (Å²) in [6, 6.07) is 8.17. The molecule has 0 atom stereocenters. The highest BCUT2D eigenvalue weighted by Gasteiger charge is 2.29. The highest BCUT2D eigenvalue weighted by atomic mass is 32.1. The molecule has 21 heavy (non-hydrogen) atoms. The third-order valence-electron chi connectivity index (χ3n) is 3.62. The maximum absolute atomic E-state index is 5.87. The van der Waals surface area contributed by atoms with Crippen molar-refractivity contribution in [1.82, 2.24) is 10.3 Å². The molecule has 0 unspecified atom stereocenters. The fraction of sp³-hybridized carbons (Fsp3) is 0.471. The Morgan fingerprint density at radius 3 is 2.95 bits per heavy atom. The zero-order chi connectivity index (χ0) is 14.7. The highest BCUT2D eigenvalue weighted by Crippen LogP contribution is 2.42. The first-order chi connectivity index (χ1) is 10.3. The standard InChI is InChI=1S/C17H22N2OS/c1-3-18-10-15-17(13-7-8-13)19-16(21-15)11-20-14-6-4-5-12(2)9-14/h4-6,9,13,18H,3,7-8,10-11H2,1-2H3. The molecule has 4 heteroatoms. The van der Waals surface area contributed by atoms with Gasteiger partial charge in [0.25, 0.3) is 0 Å². The van der Waals surface area contributed by atoms with Crippen molar-refractivity contribution in [3.8, 4) is 5.75 Å². The van der Waals surface area contributed by atoms with E-state index in [4.69, 9.17) is 9.72 Å². The predicted molar refractivity (Wildman–Crippen MR) is 87.0 cm³/mol. The molecule has 112 valence electrons. The number of aryl methyl sites for hydroxylation is 1. The van der Waals surface area contributed by atoms with E-state index in [1.165, 1.54) is 29.0 Å². The topological polar surface area (TPSA) is 34.1 Å². The smallest absolute Gasteiger partial charge is 0.140 e. The monoisotopic (exact) mass is 302 g/mol. The largest absolute Gasteiger partial charge is 0.486 e. The van der Waals surface area contributed by atoms with Crippen LogP contribution < -0.4 is 10.1 Å². The Hall–Kier alpha value is -1.39. The van der Waals surface area contributed by atoms with Gasteiger partial charge in [0.05, 0.1) is 5.69 Å². The Labute approximate surface area is 130 Å². The van der Waals surface area contributed by atoms with E-state index in [1.54, 1.807) is 11.3 Å². The summed E-state index contributed by atoms with van der Waals surface area (Å²) < 4.78 is 5.87. The SMILES string of the molecule is CCNCc1sc(COc2cccc(C)c2)nc1C1CC1. The first-order valence-corrected chi connectivity index (χ1v) is 8.46. The van der Waals surface area contributed by atoms with E-state index < -0.39 is 0 Å². The van der Waals surface area contributed by atoms with Crippen molar-refractivity contribution < 1.29 is 4.74 Å². The zero-order valence-electron chi connectivity index (χ0n) is 12.7. The minimum absolute atomic E-state index is 0.569. The molecule has 1 fully saturated rings. The number of thiazole rings is 1. The van der Waals surface area contributed by atoms with E-state index in [0.29, 0.717) is 12.5 Å². The van der Waals surface area contributed by atoms with Gasteiger partial charge in [-0.25, -0.2) is 4.98 Å². The molecule has 1 aliphatic rings. The van der Waals surface area contributed by atoms with Gasteiger partial charge in [-0.2, -0.15) is 0 Å². The van der Waals surface area contributed by atoms with Crippen molar-refractivity contribution in [2.45, 2.75) is 45.8 Å². The summed E-state index contributed by atoms with van der Waals surface area (Å²) in [5.41, 5.74) is 2.53. The lowest BCUT2D eigenvalue weighted by atomic mass is 10.2. The Balaban J connectivity index is 1.67. The second kappa shape index (κ2) is 6.58. The highest BCUT2D eigenvalue weighted by molar-refractivity contribution is 7.11. The van der Waals surface area contributed by atoms with Crippen LogP contribution in [0, 0.1) is 6.92 Å². The number of nitrogens with zero attached hydrogens (tertiary/aromatic N) is 1. The van der Waals surface area contributed by atoms with Gasteiger partial charge in [-0.3, -0.25) is 0 Å². The van der Waals surface area contributed by atoms with Crippen molar-refractivity contribution >= 4 is 11.3 Å². The molecule has 0 amide bonds. The minimum Gasteiger partial charge on any atom is -0.486 e. The van der Waals surface area contributed by atoms with E-state index in [-0.39, 0.29) is 0 Å². The molecule has 3 rings (SSSR count). The van der Waals surface area contributed by atoms with Crippen LogP contribution >= 0.6 is 11.3 Å². The number of ether oxygens (including phenoxy) is 1. The van der Waals surface area contributed by atoms with Gasteiger partial charge in [-0.1, -0.05) is 19.1 Å². The predicted octanol–water partition coefficient (Wildman–Crippen LogP) is 4.02. The molecule has 1 aromatic heterocycles. The lowest BCUT2D eigenvalue weighted by molar-refractivity contribution is 0.305. The summed E-state index contributed by atoms with van der Waals surface area (Å²) in [7, 11) is 0. The van der Waals surface area contributed by atoms with E-state index in [1.807, 2.05) is 12.1 Å². The van der Waals surface area contributed by atoms with Gasteiger partial charge < -0.3 is 10.1 Å². The summed E-state index contributed by atoms with van der Waals surface area (Å²) in [6.07, 6.45) is 2.59. The molecular weight excluding hydrogens is 280 g/mol. The normalized spacial score (nSPS) is 14.4. The Bertz CT molecular complexity index is 605. The van der Waals surface area contributed by atoms with Crippen molar-refractivity contribution in [3.63, 3.8) is 0 Å². The van der Waals surface area contributed by atoms with Crippen molar-refractivity contribution in [3.05, 3.63) is 45.4 Å². The number of nitrogens with one attached hydrogen (secondary N) is 1. The maximum Gasteiger partial charge on any atom is 0.140 e. The Kier molecular flexibility index (Phi) is 4.56. The van der Waals surface area contributed by atoms with Gasteiger partial charge in [0.1, 0.15) is 17.4 Å². The van der Waals surface area contributed by atoms with Gasteiger partial charge in [0, 0.05) is 17.3 Å². The van der Waals surface area contributed by atoms with Gasteiger partial charge in [-0.15, -0.1) is 11.3 Å². The van der Waals surface area contributed by atoms with Gasteiger partial charge in [0.2, 0.25) is 0 Å². The molecule has 3 nitrogen and oxygen atoms in total. The van der Waals surface area contributed by atoms with Crippen LogP contribution in [0.2, 0.25) is 0 Å². The minimum atomic E-state index is 0.569. The average molecular weight is 302 g/mol. The third kappa shape index (κ3) is 3.83. The van der Waals surface area contributed by atoms with Crippen molar-refractivity contribution in [2.24, 2.45) is 0 Å². The van der Waals surface area contributed by atoms with Crippen LogP contribution in [-0.4, -0.2) is 11.5 Å². The molecule has 1 aliphatic carbocycles. The van der Waals surface area contributed by atoms with Crippen molar-refractivity contribution in [1.29, 1.82) is 0 Å². The van der Waals surface area contributed by atoms with Crippen LogP contribution in [0.1, 0.15) is 46.8 Å². The first kappa shape index (κ1) is 14.5. The maximum atomic E-state index is 5.87. The van der Waals surface area contributed by atoms with Gasteiger partial charge in [-0.05, 0) is 44.0 Å². The number of rotatable bonds is 7. The summed E-state index contributed by atoms with van der Waals surface area (Å²) in [4.78, 5) is 6.21. The fourth-order valence-electron chi connectivity index (χ4n) is 2.37. The molecule has 1 aromatic carbocycles. The molecule has 0 radical (unpaired) electrons. The molecule has 1 saturated carbocycles. The number of hydrogen-bond acceptors (Lipinski definition) is 4. The number of hydrogen-bond donors (Lipinski definition) is 1. The number of benzene rings is 1. The van der Waals surface area contributed by atoms with Gasteiger partial charge >= 0.3 is 0 Å². The molecule has 2 aromatic rings. The molecule has 0 aliphatic heterocycles. The zero-order valence-corrected chi connectivity index (χ0v) is 13.5. The van der Waals surface area contributed by atoms with Crippen LogP contribution in [0.3, 0.4) is 0 Å². The average Bonchev–Trinajstić information content (AvgIpc) is 3.24. The second-order valence-corrected chi connectivity index (χ2v) is 6.74. The molecule has 1 N–H and O–H groups in total. The Morgan fingerprint density at radius 1 is 1.38 bits per heavy atom. The van der Waals surface area contributed by atoms with Crippen LogP contribution in [-0.2, 0) is 13.2 Å². The van der Waals surface area contributed by atoms with Gasteiger partial charge in [0.15, 0.2) is 0 Å². The molecular formula is C17H22N2OS. The third-order valence-corrected chi connectivity index (χ3v) is 4.67. The van der Waals surface area contributed by atoms with E-state index in [2.05, 4.69) is 31.3 Å². The van der Waals surface area contributed by atoms with Crippen LogP contribution in [0.5, 0.6) is 5.75 Å². The molecule has 0 spiro atoms. The summed E-state index contributed by atoms with van der Waals surface area (Å²) in [6.45, 7) is 6.72. The summed E-state index contributed by atoms with van der Waals surface area (Å²) >= 11 is 1.79. The molecule has 0 saturated heterocycles. The first-order valence-electron chi connectivity index (χ1n) is 7.65. The fourth-order valence-corrected chi connectivity index (χ4v) is 3.40. The van der Waals surface area contributed by atoms with E-state index in [9.17, 15) is 0 Å². The molecule has 0 bridgehead atoms. The van der Waals surface area contributed by atoms with Crippen LogP contribution in [0.15, 0.2) is 24.3 Å². The lowest BCUT2D eigenvalue weighted by Gasteiger charge is -2.04. The van der Waals surface area contributed by atoms with Crippen LogP contribution in [0.4, 0.5) is 0 Å². The Morgan fingerprint density at radius 2 is 2.24 bits per heavy atom. The second-order valence-electron chi connectivity index (χ2n) is 5.58. The lowest BCUT2D eigenvalue weighted by Crippen LogP contribution is -2.11. The van der Waals surface area contributed by atoms with Crippen molar-refractivity contribution in [2.75, 3.05) is 6.54 Å². The van der Waals surface area contributed by atoms with Crippen LogP contribution in [0.25, 0.3) is 0 Å². The summed E-state index contributed by atoms with van der Waals surface area (Å²) in [5, 5.41) is 4.50. The quantitative estimate of drug-likeness (QED) is 0.839.